The number of aromatic nitrogens is 2. The molecule has 13 heavy (non-hydrogen) atoms. The van der Waals surface area contributed by atoms with Crippen LogP contribution in [0.2, 0.25) is 0 Å². The van der Waals surface area contributed by atoms with Crippen LogP contribution in [0.25, 0.3) is 0 Å². The van der Waals surface area contributed by atoms with Gasteiger partial charge in [0.05, 0.1) is 0 Å². The minimum atomic E-state index is -2.73. The maximum atomic E-state index is 12.1. The van der Waals surface area contributed by atoms with Gasteiger partial charge in [-0.15, -0.1) is 0 Å². The van der Waals surface area contributed by atoms with Crippen molar-refractivity contribution in [3.63, 3.8) is 0 Å². The number of hydrogen-bond acceptors (Lipinski definition) is 2. The Morgan fingerprint density at radius 1 is 1.77 bits per heavy atom. The van der Waals surface area contributed by atoms with Crippen molar-refractivity contribution in [2.45, 2.75) is 19.9 Å². The fourth-order valence-electron chi connectivity index (χ4n) is 0.957. The lowest BCUT2D eigenvalue weighted by atomic mass is 10.3. The molecule has 0 atom stereocenters. The molecule has 0 unspecified atom stereocenters. The van der Waals surface area contributed by atoms with Crippen molar-refractivity contribution in [2.75, 3.05) is 0 Å². The van der Waals surface area contributed by atoms with Crippen LogP contribution in [0, 0.1) is 0 Å². The molecule has 4 nitrogen and oxygen atoms in total. The normalized spacial score (nSPS) is 10.8. The largest absolute Gasteiger partial charge is 0.477 e. The summed E-state index contributed by atoms with van der Waals surface area (Å²) in [5, 5.41) is 12.0. The zero-order chi connectivity index (χ0) is 10.0. The van der Waals surface area contributed by atoms with Gasteiger partial charge in [-0.25, -0.2) is 13.6 Å². The van der Waals surface area contributed by atoms with Gasteiger partial charge in [0.2, 0.25) is 0 Å². The Kier molecular flexibility index (Phi) is 2.60. The van der Waals surface area contributed by atoms with Gasteiger partial charge in [0.15, 0.2) is 0 Å². The number of nitrogens with zero attached hydrogens (tertiary/aromatic N) is 2. The van der Waals surface area contributed by atoms with Gasteiger partial charge in [0.25, 0.3) is 6.43 Å². The van der Waals surface area contributed by atoms with Crippen molar-refractivity contribution in [1.82, 2.24) is 9.78 Å². The molecule has 0 saturated carbocycles. The third-order valence-corrected chi connectivity index (χ3v) is 1.54. The first-order valence-corrected chi connectivity index (χ1v) is 3.65. The van der Waals surface area contributed by atoms with Crippen molar-refractivity contribution in [3.05, 3.63) is 17.5 Å². The molecule has 1 heterocycles. The van der Waals surface area contributed by atoms with Crippen LogP contribution in [-0.4, -0.2) is 20.9 Å². The molecule has 0 radical (unpaired) electrons. The monoisotopic (exact) mass is 190 g/mol. The summed E-state index contributed by atoms with van der Waals surface area (Å²) in [5.74, 6) is -1.25. The Hall–Kier alpha value is -1.46. The van der Waals surface area contributed by atoms with Crippen LogP contribution < -0.4 is 0 Å². The summed E-state index contributed by atoms with van der Waals surface area (Å²) in [6, 6.07) is 0.885. The van der Waals surface area contributed by atoms with E-state index in [2.05, 4.69) is 5.10 Å². The van der Waals surface area contributed by atoms with Crippen LogP contribution >= 0.6 is 0 Å². The van der Waals surface area contributed by atoms with E-state index in [-0.39, 0.29) is 12.2 Å². The molecule has 1 aromatic rings. The lowest BCUT2D eigenvalue weighted by Crippen LogP contribution is -2.08. The lowest BCUT2D eigenvalue weighted by Gasteiger charge is -1.97. The van der Waals surface area contributed by atoms with Gasteiger partial charge in [-0.05, 0) is 13.0 Å². The molecule has 0 spiro atoms. The van der Waals surface area contributed by atoms with Crippen molar-refractivity contribution < 1.29 is 18.7 Å². The van der Waals surface area contributed by atoms with Crippen LogP contribution in [-0.2, 0) is 6.54 Å². The van der Waals surface area contributed by atoms with E-state index in [9.17, 15) is 13.6 Å². The Labute approximate surface area is 72.8 Å². The maximum Gasteiger partial charge on any atom is 0.354 e. The first kappa shape index (κ1) is 9.63. The van der Waals surface area contributed by atoms with Crippen LogP contribution in [0.1, 0.15) is 29.5 Å². The third kappa shape index (κ3) is 1.82. The number of aromatic carboxylic acids is 1. The average Bonchev–Trinajstić information content (AvgIpc) is 2.47. The molecule has 0 aliphatic carbocycles. The number of rotatable bonds is 3. The smallest absolute Gasteiger partial charge is 0.354 e. The summed E-state index contributed by atoms with van der Waals surface area (Å²) in [6.07, 6.45) is -2.73. The van der Waals surface area contributed by atoms with E-state index in [1.165, 1.54) is 0 Å². The number of hydrogen-bond donors (Lipinski definition) is 1. The van der Waals surface area contributed by atoms with E-state index < -0.39 is 18.1 Å². The second-order valence-corrected chi connectivity index (χ2v) is 2.38. The highest BCUT2D eigenvalue weighted by atomic mass is 19.3. The minimum absolute atomic E-state index is 0.210. The van der Waals surface area contributed by atoms with Gasteiger partial charge < -0.3 is 5.11 Å². The molecule has 0 aliphatic heterocycles. The molecular formula is C7H8F2N2O2. The van der Waals surface area contributed by atoms with Crippen molar-refractivity contribution in [3.8, 4) is 0 Å². The van der Waals surface area contributed by atoms with E-state index in [1.807, 2.05) is 0 Å². The van der Waals surface area contributed by atoms with Gasteiger partial charge >= 0.3 is 5.97 Å². The van der Waals surface area contributed by atoms with Crippen LogP contribution in [0.5, 0.6) is 0 Å². The molecule has 1 aromatic heterocycles. The number of carbonyl (C=O) groups is 1. The number of alkyl halides is 2. The summed E-state index contributed by atoms with van der Waals surface area (Å²) in [4.78, 5) is 10.5. The van der Waals surface area contributed by atoms with Crippen LogP contribution in [0.3, 0.4) is 0 Å². The summed E-state index contributed by atoms with van der Waals surface area (Å²) < 4.78 is 25.2. The molecule has 0 aliphatic rings. The van der Waals surface area contributed by atoms with Gasteiger partial charge in [-0.2, -0.15) is 5.10 Å². The van der Waals surface area contributed by atoms with Gasteiger partial charge in [0.1, 0.15) is 11.4 Å². The van der Waals surface area contributed by atoms with Crippen molar-refractivity contribution in [1.29, 1.82) is 0 Å². The summed E-state index contributed by atoms with van der Waals surface area (Å²) in [7, 11) is 0. The third-order valence-electron chi connectivity index (χ3n) is 1.54. The predicted octanol–water partition coefficient (Wildman–Crippen LogP) is 1.54. The fraction of sp³-hybridized carbons (Fsp3) is 0.429. The summed E-state index contributed by atoms with van der Waals surface area (Å²) in [5.41, 5.74) is -0.711. The highest BCUT2D eigenvalue weighted by Gasteiger charge is 2.18. The van der Waals surface area contributed by atoms with Gasteiger partial charge in [-0.1, -0.05) is 0 Å². The molecule has 1 rings (SSSR count). The number of aryl methyl sites for hydroxylation is 1. The molecule has 6 heteroatoms. The minimum Gasteiger partial charge on any atom is -0.477 e. The molecule has 1 N–H and O–H groups in total. The second kappa shape index (κ2) is 3.51. The first-order valence-electron chi connectivity index (χ1n) is 3.65. The second-order valence-electron chi connectivity index (χ2n) is 2.38. The van der Waals surface area contributed by atoms with Crippen LogP contribution in [0.15, 0.2) is 6.07 Å². The van der Waals surface area contributed by atoms with E-state index in [0.717, 1.165) is 10.7 Å². The maximum absolute atomic E-state index is 12.1. The SMILES string of the molecule is CCn1nc(C(F)F)cc1C(=O)O. The molecule has 0 fully saturated rings. The van der Waals surface area contributed by atoms with Crippen molar-refractivity contribution in [2.24, 2.45) is 0 Å². The first-order chi connectivity index (χ1) is 6.06. The molecule has 0 bridgehead atoms. The van der Waals surface area contributed by atoms with E-state index in [4.69, 9.17) is 5.11 Å². The molecule has 0 saturated heterocycles. The highest BCUT2D eigenvalue weighted by molar-refractivity contribution is 5.85. The molecule has 72 valence electrons. The zero-order valence-corrected chi connectivity index (χ0v) is 6.87. The van der Waals surface area contributed by atoms with E-state index in [1.54, 1.807) is 6.92 Å². The van der Waals surface area contributed by atoms with Crippen molar-refractivity contribution >= 4 is 5.97 Å². The standard InChI is InChI=1S/C7H8F2N2O2/c1-2-11-5(7(12)13)3-4(10-11)6(8)9/h3,6H,2H2,1H3,(H,12,13). The molecular weight excluding hydrogens is 182 g/mol. The Balaban J connectivity index is 3.11. The zero-order valence-electron chi connectivity index (χ0n) is 6.87. The summed E-state index contributed by atoms with van der Waals surface area (Å²) >= 11 is 0. The van der Waals surface area contributed by atoms with Crippen LogP contribution in [0.4, 0.5) is 8.78 Å². The lowest BCUT2D eigenvalue weighted by molar-refractivity contribution is 0.0683. The fourth-order valence-corrected chi connectivity index (χ4v) is 0.957. The number of halogens is 2. The topological polar surface area (TPSA) is 55.1 Å². The molecule has 0 aromatic carbocycles. The summed E-state index contributed by atoms with van der Waals surface area (Å²) in [6.45, 7) is 1.89. The predicted molar refractivity (Wildman–Crippen MR) is 39.8 cm³/mol. The molecule has 0 amide bonds. The quantitative estimate of drug-likeness (QED) is 0.786. The number of carboxylic acid groups (broad SMARTS) is 1. The van der Waals surface area contributed by atoms with Gasteiger partial charge in [-0.3, -0.25) is 4.68 Å². The van der Waals surface area contributed by atoms with Gasteiger partial charge in [0, 0.05) is 6.54 Å². The Morgan fingerprint density at radius 2 is 2.38 bits per heavy atom. The number of carboxylic acids is 1. The van der Waals surface area contributed by atoms with E-state index >= 15 is 0 Å². The van der Waals surface area contributed by atoms with E-state index in [0.29, 0.717) is 0 Å². The Morgan fingerprint density at radius 3 is 2.69 bits per heavy atom. The Bertz CT molecular complexity index is 322. The average molecular weight is 190 g/mol. The highest BCUT2D eigenvalue weighted by Crippen LogP contribution is 2.18.